The molecule has 1 aliphatic carbocycles. The van der Waals surface area contributed by atoms with Crippen molar-refractivity contribution in [2.24, 2.45) is 5.92 Å². The van der Waals surface area contributed by atoms with E-state index in [1.165, 1.54) is 32.1 Å². The van der Waals surface area contributed by atoms with Crippen molar-refractivity contribution >= 4 is 28.3 Å². The summed E-state index contributed by atoms with van der Waals surface area (Å²) in [5.74, 6) is 1.51. The fraction of sp³-hybridized carbons (Fsp3) is 0.536. The van der Waals surface area contributed by atoms with E-state index in [0.717, 1.165) is 47.8 Å². The molecule has 0 spiro atoms. The lowest BCUT2D eigenvalue weighted by Gasteiger charge is -2.36. The maximum Gasteiger partial charge on any atom is 0.257 e. The summed E-state index contributed by atoms with van der Waals surface area (Å²) in [6, 6.07) is 8.40. The van der Waals surface area contributed by atoms with Gasteiger partial charge in [-0.3, -0.25) is 4.79 Å². The van der Waals surface area contributed by atoms with E-state index in [2.05, 4.69) is 46.3 Å². The van der Waals surface area contributed by atoms with Crippen molar-refractivity contribution in [3.05, 3.63) is 42.2 Å². The molecule has 1 atom stereocenters. The SMILES string of the molecule is CCn1ncc2c(N[C@H](C)C3CCCCC3)c(C(=O)N3CCN(c4cccc(OC)c4)CC3)cnc21. The van der Waals surface area contributed by atoms with Crippen LogP contribution < -0.4 is 15.0 Å². The predicted molar refractivity (Wildman–Crippen MR) is 144 cm³/mol. The minimum Gasteiger partial charge on any atom is -0.497 e. The summed E-state index contributed by atoms with van der Waals surface area (Å²) in [6.45, 7) is 7.96. The van der Waals surface area contributed by atoms with Gasteiger partial charge in [0.1, 0.15) is 5.75 Å². The number of anilines is 2. The Labute approximate surface area is 213 Å². The van der Waals surface area contributed by atoms with Crippen LogP contribution in [0.15, 0.2) is 36.7 Å². The molecule has 8 nitrogen and oxygen atoms in total. The Hall–Kier alpha value is -3.29. The lowest BCUT2D eigenvalue weighted by molar-refractivity contribution is 0.0747. The Balaban J connectivity index is 1.37. The summed E-state index contributed by atoms with van der Waals surface area (Å²) in [6.07, 6.45) is 10.0. The summed E-state index contributed by atoms with van der Waals surface area (Å²) in [5.41, 5.74) is 3.49. The first-order valence-electron chi connectivity index (χ1n) is 13.4. The van der Waals surface area contributed by atoms with Crippen molar-refractivity contribution in [3.63, 3.8) is 0 Å². The molecule has 1 saturated carbocycles. The highest BCUT2D eigenvalue weighted by Gasteiger charge is 2.28. The van der Waals surface area contributed by atoms with E-state index < -0.39 is 0 Å². The molecule has 2 aromatic heterocycles. The van der Waals surface area contributed by atoms with E-state index in [9.17, 15) is 4.79 Å². The van der Waals surface area contributed by atoms with E-state index in [1.807, 2.05) is 27.9 Å². The second-order valence-corrected chi connectivity index (χ2v) is 10.1. The lowest BCUT2D eigenvalue weighted by atomic mass is 9.84. The van der Waals surface area contributed by atoms with Gasteiger partial charge in [-0.15, -0.1) is 0 Å². The second-order valence-electron chi connectivity index (χ2n) is 10.1. The minimum absolute atomic E-state index is 0.0392. The van der Waals surface area contributed by atoms with Gasteiger partial charge in [-0.2, -0.15) is 5.10 Å². The number of amides is 1. The molecule has 8 heteroatoms. The van der Waals surface area contributed by atoms with Gasteiger partial charge < -0.3 is 19.9 Å². The maximum absolute atomic E-state index is 13.8. The van der Waals surface area contributed by atoms with Crippen LogP contribution in [0.2, 0.25) is 0 Å². The number of piperazine rings is 1. The van der Waals surface area contributed by atoms with Crippen molar-refractivity contribution in [1.29, 1.82) is 0 Å². The molecule has 1 aliphatic heterocycles. The number of methoxy groups -OCH3 is 1. The summed E-state index contributed by atoms with van der Waals surface area (Å²) in [7, 11) is 1.69. The zero-order valence-corrected chi connectivity index (χ0v) is 21.7. The number of fused-ring (bicyclic) bond motifs is 1. The first-order chi connectivity index (χ1) is 17.6. The lowest BCUT2D eigenvalue weighted by Crippen LogP contribution is -2.49. The van der Waals surface area contributed by atoms with Gasteiger partial charge >= 0.3 is 0 Å². The van der Waals surface area contributed by atoms with E-state index in [0.29, 0.717) is 24.6 Å². The van der Waals surface area contributed by atoms with Crippen LogP contribution in [0.4, 0.5) is 11.4 Å². The Morgan fingerprint density at radius 3 is 2.64 bits per heavy atom. The molecule has 2 fully saturated rings. The maximum atomic E-state index is 13.8. The zero-order valence-electron chi connectivity index (χ0n) is 21.7. The number of rotatable bonds is 7. The molecule has 0 unspecified atom stereocenters. The number of aromatic nitrogens is 3. The largest absolute Gasteiger partial charge is 0.497 e. The van der Waals surface area contributed by atoms with E-state index in [-0.39, 0.29) is 11.9 Å². The molecule has 0 bridgehead atoms. The first kappa shape index (κ1) is 24.4. The zero-order chi connectivity index (χ0) is 25.1. The molecule has 36 heavy (non-hydrogen) atoms. The number of pyridine rings is 1. The number of ether oxygens (including phenoxy) is 1. The highest BCUT2D eigenvalue weighted by molar-refractivity contribution is 6.06. The number of carbonyl (C=O) groups is 1. The number of hydrogen-bond donors (Lipinski definition) is 1. The number of carbonyl (C=O) groups excluding carboxylic acids is 1. The third kappa shape index (κ3) is 4.86. The number of benzene rings is 1. The fourth-order valence-corrected chi connectivity index (χ4v) is 5.70. The smallest absolute Gasteiger partial charge is 0.257 e. The summed E-state index contributed by atoms with van der Waals surface area (Å²) < 4.78 is 7.28. The highest BCUT2D eigenvalue weighted by atomic mass is 16.5. The number of aryl methyl sites for hydroxylation is 1. The summed E-state index contributed by atoms with van der Waals surface area (Å²) in [5, 5.41) is 9.23. The van der Waals surface area contributed by atoms with Gasteiger partial charge in [-0.05, 0) is 44.7 Å². The third-order valence-electron chi connectivity index (χ3n) is 7.91. The van der Waals surface area contributed by atoms with Crippen LogP contribution >= 0.6 is 0 Å². The van der Waals surface area contributed by atoms with Gasteiger partial charge in [-0.1, -0.05) is 25.3 Å². The normalized spacial score (nSPS) is 17.9. The van der Waals surface area contributed by atoms with Crippen LogP contribution in [0.5, 0.6) is 5.75 Å². The quantitative estimate of drug-likeness (QED) is 0.513. The third-order valence-corrected chi connectivity index (χ3v) is 7.91. The Bertz CT molecular complexity index is 1190. The second kappa shape index (κ2) is 10.8. The first-order valence-corrected chi connectivity index (χ1v) is 13.4. The van der Waals surface area contributed by atoms with Gasteiger partial charge in [0, 0.05) is 56.7 Å². The highest BCUT2D eigenvalue weighted by Crippen LogP contribution is 2.33. The monoisotopic (exact) mass is 490 g/mol. The Kier molecular flexibility index (Phi) is 7.30. The van der Waals surface area contributed by atoms with Crippen molar-refractivity contribution in [2.45, 2.75) is 58.5 Å². The average molecular weight is 491 g/mol. The van der Waals surface area contributed by atoms with E-state index >= 15 is 0 Å². The van der Waals surface area contributed by atoms with Gasteiger partial charge in [0.2, 0.25) is 0 Å². The average Bonchev–Trinajstić information content (AvgIpc) is 3.37. The molecule has 2 aliphatic rings. The molecular weight excluding hydrogens is 452 g/mol. The minimum atomic E-state index is 0.0392. The molecule has 3 heterocycles. The van der Waals surface area contributed by atoms with Gasteiger partial charge in [0.25, 0.3) is 5.91 Å². The molecule has 0 radical (unpaired) electrons. The van der Waals surface area contributed by atoms with Crippen molar-refractivity contribution in [3.8, 4) is 5.75 Å². The van der Waals surface area contributed by atoms with Crippen LogP contribution in [0, 0.1) is 5.92 Å². The van der Waals surface area contributed by atoms with E-state index in [1.54, 1.807) is 13.3 Å². The fourth-order valence-electron chi connectivity index (χ4n) is 5.70. The van der Waals surface area contributed by atoms with Crippen LogP contribution in [0.25, 0.3) is 11.0 Å². The van der Waals surface area contributed by atoms with Gasteiger partial charge in [0.15, 0.2) is 5.65 Å². The summed E-state index contributed by atoms with van der Waals surface area (Å²) >= 11 is 0. The molecule has 1 N–H and O–H groups in total. The van der Waals surface area contributed by atoms with E-state index in [4.69, 9.17) is 4.74 Å². The Morgan fingerprint density at radius 1 is 1.14 bits per heavy atom. The Morgan fingerprint density at radius 2 is 1.92 bits per heavy atom. The molecule has 192 valence electrons. The molecule has 1 saturated heterocycles. The molecule has 1 aromatic carbocycles. The van der Waals surface area contributed by atoms with Crippen LogP contribution in [0.1, 0.15) is 56.3 Å². The molecular formula is C28H38N6O2. The molecule has 3 aromatic rings. The van der Waals surface area contributed by atoms with Crippen molar-refractivity contribution < 1.29 is 9.53 Å². The predicted octanol–water partition coefficient (Wildman–Crippen LogP) is 4.80. The van der Waals surface area contributed by atoms with Crippen molar-refractivity contribution in [2.75, 3.05) is 43.5 Å². The summed E-state index contributed by atoms with van der Waals surface area (Å²) in [4.78, 5) is 22.8. The van der Waals surface area contributed by atoms with Gasteiger partial charge in [-0.25, -0.2) is 9.67 Å². The molecule has 5 rings (SSSR count). The molecule has 1 amide bonds. The van der Waals surface area contributed by atoms with Crippen LogP contribution in [0.3, 0.4) is 0 Å². The van der Waals surface area contributed by atoms with Gasteiger partial charge in [0.05, 0.1) is 29.9 Å². The van der Waals surface area contributed by atoms with Crippen LogP contribution in [-0.4, -0.2) is 64.9 Å². The number of hydrogen-bond acceptors (Lipinski definition) is 6. The number of nitrogens with one attached hydrogen (secondary N) is 1. The topological polar surface area (TPSA) is 75.5 Å². The van der Waals surface area contributed by atoms with Crippen molar-refractivity contribution in [1.82, 2.24) is 19.7 Å². The standard InChI is InChI=1S/C28H38N6O2/c1-4-34-27-24(19-30-34)26(31-20(2)21-9-6-5-7-10-21)25(18-29-27)28(35)33-15-13-32(14-16-33)22-11-8-12-23(17-22)36-3/h8,11-12,17-21H,4-7,9-10,13-16H2,1-3H3,(H,29,31)/t20-/m1/s1. The van der Waals surface area contributed by atoms with Crippen LogP contribution in [-0.2, 0) is 6.54 Å². The number of nitrogens with zero attached hydrogens (tertiary/aromatic N) is 5.